The van der Waals surface area contributed by atoms with Crippen LogP contribution in [0.5, 0.6) is 0 Å². The molecule has 0 aliphatic carbocycles. The van der Waals surface area contributed by atoms with Crippen LogP contribution in [-0.2, 0) is 6.42 Å². The van der Waals surface area contributed by atoms with Gasteiger partial charge < -0.3 is 5.73 Å². The molecule has 78 valence electrons. The lowest BCUT2D eigenvalue weighted by Crippen LogP contribution is -2.07. The number of nitrogens with two attached hydrogens (primary N) is 1. The molecule has 4 heteroatoms. The molecule has 1 aromatic heterocycles. The van der Waals surface area contributed by atoms with E-state index in [1.807, 2.05) is 0 Å². The van der Waals surface area contributed by atoms with E-state index in [2.05, 4.69) is 35.2 Å². The van der Waals surface area contributed by atoms with Crippen LogP contribution in [0.1, 0.15) is 11.1 Å². The second kappa shape index (κ2) is 4.23. The minimum atomic E-state index is 0.644. The van der Waals surface area contributed by atoms with Crippen molar-refractivity contribution in [1.82, 2.24) is 14.8 Å². The molecule has 0 atom stereocenters. The number of aromatic nitrogens is 3. The Hall–Kier alpha value is -1.68. The Labute approximate surface area is 88.8 Å². The van der Waals surface area contributed by atoms with E-state index in [1.165, 1.54) is 17.5 Å². The second-order valence-corrected chi connectivity index (χ2v) is 3.51. The first kappa shape index (κ1) is 9.86. The summed E-state index contributed by atoms with van der Waals surface area (Å²) in [6.45, 7) is 2.72. The summed E-state index contributed by atoms with van der Waals surface area (Å²) in [7, 11) is 0. The zero-order chi connectivity index (χ0) is 10.7. The maximum atomic E-state index is 5.59. The summed E-state index contributed by atoms with van der Waals surface area (Å²) in [4.78, 5) is 3.94. The van der Waals surface area contributed by atoms with Crippen molar-refractivity contribution in [1.29, 1.82) is 0 Å². The number of nitrogens with zero attached hydrogens (tertiary/aromatic N) is 3. The van der Waals surface area contributed by atoms with E-state index < -0.39 is 0 Å². The average molecular weight is 202 g/mol. The van der Waals surface area contributed by atoms with Crippen molar-refractivity contribution < 1.29 is 0 Å². The van der Waals surface area contributed by atoms with E-state index in [9.17, 15) is 0 Å². The number of rotatable bonds is 3. The summed E-state index contributed by atoms with van der Waals surface area (Å²) in [5.41, 5.74) is 9.10. The summed E-state index contributed by atoms with van der Waals surface area (Å²) in [6, 6.07) is 6.26. The monoisotopic (exact) mass is 202 g/mol. The van der Waals surface area contributed by atoms with Gasteiger partial charge in [0.2, 0.25) is 0 Å². The molecule has 0 radical (unpaired) electrons. The van der Waals surface area contributed by atoms with Crippen LogP contribution in [0.25, 0.3) is 5.69 Å². The van der Waals surface area contributed by atoms with Crippen LogP contribution >= 0.6 is 0 Å². The van der Waals surface area contributed by atoms with Gasteiger partial charge in [-0.2, -0.15) is 5.10 Å². The van der Waals surface area contributed by atoms with Crippen molar-refractivity contribution in [3.63, 3.8) is 0 Å². The number of benzene rings is 1. The van der Waals surface area contributed by atoms with E-state index in [0.717, 1.165) is 12.1 Å². The summed E-state index contributed by atoms with van der Waals surface area (Å²) in [6.07, 6.45) is 4.09. The highest BCUT2D eigenvalue weighted by atomic mass is 15.3. The first-order valence-electron chi connectivity index (χ1n) is 4.96. The van der Waals surface area contributed by atoms with Gasteiger partial charge in [0.05, 0.1) is 5.69 Å². The fourth-order valence-corrected chi connectivity index (χ4v) is 1.63. The van der Waals surface area contributed by atoms with Crippen LogP contribution in [0.4, 0.5) is 0 Å². The molecule has 0 amide bonds. The molecule has 2 rings (SSSR count). The highest BCUT2D eigenvalue weighted by Gasteiger charge is 2.04. The first-order valence-corrected chi connectivity index (χ1v) is 4.96. The molecule has 1 aromatic carbocycles. The van der Waals surface area contributed by atoms with Crippen molar-refractivity contribution in [3.8, 4) is 5.69 Å². The summed E-state index contributed by atoms with van der Waals surface area (Å²) in [5, 5.41) is 4.12. The van der Waals surface area contributed by atoms with E-state index in [4.69, 9.17) is 5.73 Å². The maximum absolute atomic E-state index is 5.59. The van der Waals surface area contributed by atoms with Crippen molar-refractivity contribution in [3.05, 3.63) is 42.0 Å². The number of hydrogen-bond donors (Lipinski definition) is 1. The van der Waals surface area contributed by atoms with Crippen LogP contribution in [0.3, 0.4) is 0 Å². The minimum absolute atomic E-state index is 0.644. The molecule has 0 aliphatic rings. The highest BCUT2D eigenvalue weighted by Crippen LogP contribution is 2.15. The van der Waals surface area contributed by atoms with Crippen molar-refractivity contribution >= 4 is 0 Å². The lowest BCUT2D eigenvalue weighted by Gasteiger charge is -2.08. The van der Waals surface area contributed by atoms with Crippen molar-refractivity contribution in [2.45, 2.75) is 13.3 Å². The molecule has 2 N–H and O–H groups in total. The van der Waals surface area contributed by atoms with Gasteiger partial charge in [0.25, 0.3) is 0 Å². The van der Waals surface area contributed by atoms with Crippen LogP contribution < -0.4 is 5.73 Å². The molecule has 0 bridgehead atoms. The fraction of sp³-hybridized carbons (Fsp3) is 0.273. The van der Waals surface area contributed by atoms with E-state index in [0.29, 0.717) is 6.54 Å². The molecule has 4 nitrogen and oxygen atoms in total. The summed E-state index contributed by atoms with van der Waals surface area (Å²) < 4.78 is 1.77. The van der Waals surface area contributed by atoms with Gasteiger partial charge in [-0.3, -0.25) is 0 Å². The zero-order valence-corrected chi connectivity index (χ0v) is 8.72. The van der Waals surface area contributed by atoms with Gasteiger partial charge in [-0.25, -0.2) is 9.67 Å². The topological polar surface area (TPSA) is 56.7 Å². The Balaban J connectivity index is 2.46. The Bertz CT molecular complexity index is 434. The summed E-state index contributed by atoms with van der Waals surface area (Å²) >= 11 is 0. The van der Waals surface area contributed by atoms with Gasteiger partial charge in [0, 0.05) is 0 Å². The van der Waals surface area contributed by atoms with E-state index in [-0.39, 0.29) is 0 Å². The SMILES string of the molecule is Cc1ccc(-n2cncn2)c(CCN)c1. The molecule has 0 aliphatic heterocycles. The third-order valence-electron chi connectivity index (χ3n) is 2.31. The fourth-order valence-electron chi connectivity index (χ4n) is 1.63. The quantitative estimate of drug-likeness (QED) is 0.810. The maximum Gasteiger partial charge on any atom is 0.138 e. The molecule has 2 aromatic rings. The molecule has 0 saturated carbocycles. The zero-order valence-electron chi connectivity index (χ0n) is 8.72. The number of hydrogen-bond acceptors (Lipinski definition) is 3. The highest BCUT2D eigenvalue weighted by molar-refractivity contribution is 5.42. The molecular weight excluding hydrogens is 188 g/mol. The van der Waals surface area contributed by atoms with Crippen LogP contribution in [0.15, 0.2) is 30.9 Å². The van der Waals surface area contributed by atoms with Gasteiger partial charge in [-0.05, 0) is 31.5 Å². The third-order valence-corrected chi connectivity index (χ3v) is 2.31. The predicted molar refractivity (Wildman–Crippen MR) is 58.9 cm³/mol. The van der Waals surface area contributed by atoms with Crippen LogP contribution in [0.2, 0.25) is 0 Å². The third kappa shape index (κ3) is 2.05. The van der Waals surface area contributed by atoms with E-state index >= 15 is 0 Å². The van der Waals surface area contributed by atoms with Gasteiger partial charge in [0.1, 0.15) is 12.7 Å². The summed E-state index contributed by atoms with van der Waals surface area (Å²) in [5.74, 6) is 0. The Morgan fingerprint density at radius 1 is 1.40 bits per heavy atom. The van der Waals surface area contributed by atoms with Gasteiger partial charge >= 0.3 is 0 Å². The van der Waals surface area contributed by atoms with Crippen LogP contribution in [-0.4, -0.2) is 21.3 Å². The standard InChI is InChI=1S/C11H14N4/c1-9-2-3-11(10(6-9)4-5-12)15-8-13-7-14-15/h2-3,6-8H,4-5,12H2,1H3. The minimum Gasteiger partial charge on any atom is -0.330 e. The van der Waals surface area contributed by atoms with Gasteiger partial charge in [-0.1, -0.05) is 17.7 Å². The average Bonchev–Trinajstić information content (AvgIpc) is 2.71. The first-order chi connectivity index (χ1) is 7.31. The molecule has 15 heavy (non-hydrogen) atoms. The van der Waals surface area contributed by atoms with E-state index in [1.54, 1.807) is 11.0 Å². The van der Waals surface area contributed by atoms with Crippen molar-refractivity contribution in [2.75, 3.05) is 6.54 Å². The molecule has 0 saturated heterocycles. The number of aryl methyl sites for hydroxylation is 1. The van der Waals surface area contributed by atoms with Gasteiger partial charge in [0.15, 0.2) is 0 Å². The molecule has 0 fully saturated rings. The Morgan fingerprint density at radius 2 is 2.27 bits per heavy atom. The predicted octanol–water partition coefficient (Wildman–Crippen LogP) is 1.08. The molecule has 1 heterocycles. The molecule has 0 spiro atoms. The smallest absolute Gasteiger partial charge is 0.138 e. The Morgan fingerprint density at radius 3 is 2.93 bits per heavy atom. The van der Waals surface area contributed by atoms with Crippen molar-refractivity contribution in [2.24, 2.45) is 5.73 Å². The largest absolute Gasteiger partial charge is 0.330 e. The Kier molecular flexibility index (Phi) is 2.78. The molecular formula is C11H14N4. The second-order valence-electron chi connectivity index (χ2n) is 3.51. The normalized spacial score (nSPS) is 10.5. The van der Waals surface area contributed by atoms with Crippen LogP contribution in [0, 0.1) is 6.92 Å². The molecule has 0 unspecified atom stereocenters. The lowest BCUT2D eigenvalue weighted by molar-refractivity contribution is 0.848. The van der Waals surface area contributed by atoms with Gasteiger partial charge in [-0.15, -0.1) is 0 Å². The lowest BCUT2D eigenvalue weighted by atomic mass is 10.1.